The highest BCUT2D eigenvalue weighted by Crippen LogP contribution is 2.21. The second-order valence-corrected chi connectivity index (χ2v) is 4.57. The number of aliphatic hydroxyl groups is 1. The zero-order valence-electron chi connectivity index (χ0n) is 11.6. The van der Waals surface area contributed by atoms with Crippen molar-refractivity contribution in [2.75, 3.05) is 20.3 Å². The molecule has 102 valence electrons. The minimum atomic E-state index is -0.377. The van der Waals surface area contributed by atoms with Crippen LogP contribution in [0, 0.1) is 6.92 Å². The number of aryl methyl sites for hydroxylation is 1. The van der Waals surface area contributed by atoms with Gasteiger partial charge in [-0.25, -0.2) is 0 Å². The highest BCUT2D eigenvalue weighted by Gasteiger charge is 2.10. The summed E-state index contributed by atoms with van der Waals surface area (Å²) in [6.45, 7) is 5.50. The summed E-state index contributed by atoms with van der Waals surface area (Å²) in [5.74, 6) is 0.842. The van der Waals surface area contributed by atoms with Gasteiger partial charge in [-0.1, -0.05) is 24.6 Å². The van der Waals surface area contributed by atoms with Crippen molar-refractivity contribution < 1.29 is 14.6 Å². The summed E-state index contributed by atoms with van der Waals surface area (Å²) in [4.78, 5) is 0. The van der Waals surface area contributed by atoms with Crippen molar-refractivity contribution in [3.05, 3.63) is 29.3 Å². The number of rotatable bonds is 8. The van der Waals surface area contributed by atoms with E-state index in [-0.39, 0.29) is 6.10 Å². The van der Waals surface area contributed by atoms with Crippen LogP contribution in [0.15, 0.2) is 18.2 Å². The lowest BCUT2D eigenvalue weighted by atomic mass is 10.0. The average Bonchev–Trinajstić information content (AvgIpc) is 2.35. The monoisotopic (exact) mass is 252 g/mol. The molecule has 0 amide bonds. The van der Waals surface area contributed by atoms with E-state index in [0.29, 0.717) is 19.4 Å². The second kappa shape index (κ2) is 8.11. The zero-order chi connectivity index (χ0) is 13.4. The van der Waals surface area contributed by atoms with Crippen LogP contribution < -0.4 is 4.74 Å². The van der Waals surface area contributed by atoms with Crippen molar-refractivity contribution in [3.8, 4) is 5.75 Å². The first kappa shape index (κ1) is 15.0. The van der Waals surface area contributed by atoms with E-state index in [9.17, 15) is 5.11 Å². The van der Waals surface area contributed by atoms with Crippen LogP contribution in [0.5, 0.6) is 5.75 Å². The van der Waals surface area contributed by atoms with Crippen LogP contribution in [-0.4, -0.2) is 31.5 Å². The molecule has 0 aliphatic heterocycles. The summed E-state index contributed by atoms with van der Waals surface area (Å²) < 4.78 is 10.7. The third kappa shape index (κ3) is 5.07. The van der Waals surface area contributed by atoms with Gasteiger partial charge in [0, 0.05) is 19.6 Å². The number of benzene rings is 1. The number of hydrogen-bond acceptors (Lipinski definition) is 3. The molecular formula is C15H24O3. The molecule has 0 spiro atoms. The molecule has 1 rings (SSSR count). The molecule has 0 aliphatic rings. The third-order valence-corrected chi connectivity index (χ3v) is 2.84. The van der Waals surface area contributed by atoms with Crippen LogP contribution >= 0.6 is 0 Å². The lowest BCUT2D eigenvalue weighted by molar-refractivity contribution is 0.0821. The van der Waals surface area contributed by atoms with Gasteiger partial charge in [0.2, 0.25) is 0 Å². The Morgan fingerprint density at radius 3 is 2.72 bits per heavy atom. The van der Waals surface area contributed by atoms with Crippen molar-refractivity contribution in [1.82, 2.24) is 0 Å². The maximum Gasteiger partial charge on any atom is 0.122 e. The van der Waals surface area contributed by atoms with E-state index >= 15 is 0 Å². The first-order valence-electron chi connectivity index (χ1n) is 6.56. The van der Waals surface area contributed by atoms with Gasteiger partial charge in [-0.15, -0.1) is 0 Å². The molecular weight excluding hydrogens is 228 g/mol. The van der Waals surface area contributed by atoms with Gasteiger partial charge in [0.15, 0.2) is 0 Å². The van der Waals surface area contributed by atoms with E-state index in [0.717, 1.165) is 24.3 Å². The van der Waals surface area contributed by atoms with Gasteiger partial charge in [0.05, 0.1) is 13.2 Å². The second-order valence-electron chi connectivity index (χ2n) is 4.57. The van der Waals surface area contributed by atoms with Crippen LogP contribution in [0.3, 0.4) is 0 Å². The molecule has 0 saturated heterocycles. The van der Waals surface area contributed by atoms with Crippen LogP contribution in [0.4, 0.5) is 0 Å². The highest BCUT2D eigenvalue weighted by molar-refractivity contribution is 5.37. The predicted octanol–water partition coefficient (Wildman–Crippen LogP) is 2.72. The van der Waals surface area contributed by atoms with Crippen molar-refractivity contribution >= 4 is 0 Å². The van der Waals surface area contributed by atoms with Crippen LogP contribution in [0.2, 0.25) is 0 Å². The van der Waals surface area contributed by atoms with Crippen LogP contribution in [-0.2, 0) is 11.2 Å². The Kier molecular flexibility index (Phi) is 6.76. The summed E-state index contributed by atoms with van der Waals surface area (Å²) in [5.41, 5.74) is 2.24. The molecule has 0 aliphatic carbocycles. The van der Waals surface area contributed by atoms with Gasteiger partial charge >= 0.3 is 0 Å². The summed E-state index contributed by atoms with van der Waals surface area (Å²) in [5, 5.41) is 9.98. The maximum atomic E-state index is 9.98. The lowest BCUT2D eigenvalue weighted by Gasteiger charge is -2.14. The van der Waals surface area contributed by atoms with Gasteiger partial charge in [-0.2, -0.15) is 0 Å². The zero-order valence-corrected chi connectivity index (χ0v) is 11.6. The standard InChI is InChI=1S/C15H24O3/c1-4-8-18-9-7-14(16)11-13-10-12(2)5-6-15(13)17-3/h5-6,10,14,16H,4,7-9,11H2,1-3H3. The number of methoxy groups -OCH3 is 1. The van der Waals surface area contributed by atoms with Crippen molar-refractivity contribution in [2.24, 2.45) is 0 Å². The molecule has 18 heavy (non-hydrogen) atoms. The molecule has 1 aromatic rings. The molecule has 1 aromatic carbocycles. The normalized spacial score (nSPS) is 12.4. The van der Waals surface area contributed by atoms with Crippen LogP contribution in [0.1, 0.15) is 30.9 Å². The lowest BCUT2D eigenvalue weighted by Crippen LogP contribution is -2.14. The van der Waals surface area contributed by atoms with Gasteiger partial charge in [0.1, 0.15) is 5.75 Å². The van der Waals surface area contributed by atoms with E-state index in [4.69, 9.17) is 9.47 Å². The van der Waals surface area contributed by atoms with Gasteiger partial charge in [0.25, 0.3) is 0 Å². The molecule has 3 heteroatoms. The fourth-order valence-corrected chi connectivity index (χ4v) is 1.89. The summed E-state index contributed by atoms with van der Waals surface area (Å²) in [6.07, 6.45) is 1.91. The highest BCUT2D eigenvalue weighted by atomic mass is 16.5. The first-order chi connectivity index (χ1) is 8.67. The summed E-state index contributed by atoms with van der Waals surface area (Å²) in [6, 6.07) is 6.03. The molecule has 1 atom stereocenters. The molecule has 0 heterocycles. The fourth-order valence-electron chi connectivity index (χ4n) is 1.89. The van der Waals surface area contributed by atoms with E-state index in [1.54, 1.807) is 7.11 Å². The molecule has 0 fully saturated rings. The number of ether oxygens (including phenoxy) is 2. The van der Waals surface area contributed by atoms with Crippen molar-refractivity contribution in [3.63, 3.8) is 0 Å². The molecule has 0 saturated carbocycles. The van der Waals surface area contributed by atoms with Crippen LogP contribution in [0.25, 0.3) is 0 Å². The Balaban J connectivity index is 2.47. The van der Waals surface area contributed by atoms with Gasteiger partial charge in [-0.05, 0) is 31.4 Å². The van der Waals surface area contributed by atoms with E-state index < -0.39 is 0 Å². The molecule has 0 radical (unpaired) electrons. The van der Waals surface area contributed by atoms with Gasteiger partial charge in [-0.3, -0.25) is 0 Å². The smallest absolute Gasteiger partial charge is 0.122 e. The van der Waals surface area contributed by atoms with Gasteiger partial charge < -0.3 is 14.6 Å². The SMILES string of the molecule is CCCOCCC(O)Cc1cc(C)ccc1OC. The third-order valence-electron chi connectivity index (χ3n) is 2.84. The number of aliphatic hydroxyl groups excluding tert-OH is 1. The van der Waals surface area contributed by atoms with E-state index in [2.05, 4.69) is 13.0 Å². The molecule has 1 unspecified atom stereocenters. The molecule has 0 aromatic heterocycles. The largest absolute Gasteiger partial charge is 0.496 e. The molecule has 3 nitrogen and oxygen atoms in total. The van der Waals surface area contributed by atoms with E-state index in [1.807, 2.05) is 19.1 Å². The Labute approximate surface area is 110 Å². The minimum Gasteiger partial charge on any atom is -0.496 e. The quantitative estimate of drug-likeness (QED) is 0.723. The van der Waals surface area contributed by atoms with Crippen molar-refractivity contribution in [1.29, 1.82) is 0 Å². The predicted molar refractivity (Wildman–Crippen MR) is 73.2 cm³/mol. The summed E-state index contributed by atoms with van der Waals surface area (Å²) in [7, 11) is 1.66. The Hall–Kier alpha value is -1.06. The van der Waals surface area contributed by atoms with Crippen molar-refractivity contribution in [2.45, 2.75) is 39.2 Å². The Bertz CT molecular complexity index is 350. The van der Waals surface area contributed by atoms with E-state index in [1.165, 1.54) is 5.56 Å². The average molecular weight is 252 g/mol. The topological polar surface area (TPSA) is 38.7 Å². The Morgan fingerprint density at radius 1 is 1.28 bits per heavy atom. The molecule has 0 bridgehead atoms. The fraction of sp³-hybridized carbons (Fsp3) is 0.600. The maximum absolute atomic E-state index is 9.98. The Morgan fingerprint density at radius 2 is 2.06 bits per heavy atom. The first-order valence-corrected chi connectivity index (χ1v) is 6.56. The molecule has 1 N–H and O–H groups in total. The summed E-state index contributed by atoms with van der Waals surface area (Å²) >= 11 is 0. The minimum absolute atomic E-state index is 0.377. The number of hydrogen-bond donors (Lipinski definition) is 1.